The van der Waals surface area contributed by atoms with Crippen LogP contribution in [0.2, 0.25) is 0 Å². The van der Waals surface area contributed by atoms with Gasteiger partial charge in [0.1, 0.15) is 31.0 Å². The number of amides is 3. The maximum atomic E-state index is 12.9. The van der Waals surface area contributed by atoms with Crippen LogP contribution in [0.15, 0.2) is 48.5 Å². The van der Waals surface area contributed by atoms with E-state index in [0.29, 0.717) is 17.9 Å². The Kier molecular flexibility index (Phi) is 4.89. The van der Waals surface area contributed by atoms with Crippen molar-refractivity contribution in [3.63, 3.8) is 0 Å². The summed E-state index contributed by atoms with van der Waals surface area (Å²) in [4.78, 5) is 32.3. The summed E-state index contributed by atoms with van der Waals surface area (Å²) in [7, 11) is 0. The molecule has 2 aliphatic heterocycles. The average molecular weight is 383 g/mol. The molecule has 2 bridgehead atoms. The van der Waals surface area contributed by atoms with E-state index in [1.54, 1.807) is 18.2 Å². The topological polar surface area (TPSA) is 105 Å². The van der Waals surface area contributed by atoms with Crippen molar-refractivity contribution in [2.24, 2.45) is 5.73 Å². The number of nitrogens with zero attached hydrogens (tertiary/aromatic N) is 2. The molecule has 0 radical (unpaired) electrons. The van der Waals surface area contributed by atoms with Gasteiger partial charge in [0.05, 0.1) is 13.2 Å². The molecular formula is C20H21N3O5. The van der Waals surface area contributed by atoms with Crippen LogP contribution in [0.1, 0.15) is 28.8 Å². The van der Waals surface area contributed by atoms with Crippen LogP contribution in [0.5, 0.6) is 5.75 Å². The zero-order valence-corrected chi connectivity index (χ0v) is 15.2. The van der Waals surface area contributed by atoms with Crippen LogP contribution in [-0.4, -0.2) is 46.8 Å². The minimum Gasteiger partial charge on any atom is -0.491 e. The first kappa shape index (κ1) is 18.3. The molecule has 0 aromatic heterocycles. The molecule has 2 atom stereocenters. The summed E-state index contributed by atoms with van der Waals surface area (Å²) in [6.45, 7) is 0.580. The number of carbonyl (C=O) groups is 2. The Morgan fingerprint density at radius 2 is 1.96 bits per heavy atom. The molecule has 2 aromatic carbocycles. The lowest BCUT2D eigenvalue weighted by Gasteiger charge is -2.31. The van der Waals surface area contributed by atoms with Crippen molar-refractivity contribution in [3.8, 4) is 5.75 Å². The van der Waals surface area contributed by atoms with E-state index in [0.717, 1.165) is 11.1 Å². The van der Waals surface area contributed by atoms with Gasteiger partial charge in [-0.2, -0.15) is 5.06 Å². The van der Waals surface area contributed by atoms with E-state index in [-0.39, 0.29) is 25.9 Å². The van der Waals surface area contributed by atoms with Crippen molar-refractivity contribution in [2.75, 3.05) is 19.8 Å². The maximum absolute atomic E-state index is 12.9. The fraction of sp³-hybridized carbons (Fsp3) is 0.300. The van der Waals surface area contributed by atoms with Crippen LogP contribution in [0.4, 0.5) is 4.79 Å². The minimum absolute atomic E-state index is 0.108. The van der Waals surface area contributed by atoms with Gasteiger partial charge in [-0.1, -0.05) is 36.4 Å². The average Bonchev–Trinajstić information content (AvgIpc) is 2.98. The van der Waals surface area contributed by atoms with E-state index in [2.05, 4.69) is 0 Å². The molecule has 28 heavy (non-hydrogen) atoms. The quantitative estimate of drug-likeness (QED) is 0.754. The summed E-state index contributed by atoms with van der Waals surface area (Å²) in [5.41, 5.74) is 7.95. The number of hydroxylamine groups is 2. The number of nitrogens with two attached hydrogens (primary N) is 1. The zero-order chi connectivity index (χ0) is 19.7. The molecule has 3 N–H and O–H groups in total. The first-order chi connectivity index (χ1) is 13.6. The Bertz CT molecular complexity index is 889. The van der Waals surface area contributed by atoms with Crippen LogP contribution < -0.4 is 10.5 Å². The number of fused-ring (bicyclic) bond motifs is 4. The molecule has 1 saturated heterocycles. The third kappa shape index (κ3) is 3.17. The van der Waals surface area contributed by atoms with E-state index in [9.17, 15) is 9.59 Å². The smallest absolute Gasteiger partial charge is 0.345 e. The molecule has 0 saturated carbocycles. The summed E-state index contributed by atoms with van der Waals surface area (Å²) in [6.07, 6.45) is 0. The highest BCUT2D eigenvalue weighted by molar-refractivity contribution is 5.90. The van der Waals surface area contributed by atoms with E-state index in [1.165, 1.54) is 9.96 Å². The molecule has 2 aromatic rings. The predicted octanol–water partition coefficient (Wildman–Crippen LogP) is 1.51. The Morgan fingerprint density at radius 3 is 2.68 bits per heavy atom. The lowest BCUT2D eigenvalue weighted by Crippen LogP contribution is -2.41. The monoisotopic (exact) mass is 383 g/mol. The Hall–Kier alpha value is -3.10. The highest BCUT2D eigenvalue weighted by atomic mass is 16.7. The van der Waals surface area contributed by atoms with E-state index in [1.807, 2.05) is 30.3 Å². The number of aliphatic hydroxyl groups is 1. The minimum atomic E-state index is -0.851. The summed E-state index contributed by atoms with van der Waals surface area (Å²) < 4.78 is 5.49. The zero-order valence-electron chi connectivity index (χ0n) is 15.2. The second kappa shape index (κ2) is 7.49. The van der Waals surface area contributed by atoms with Gasteiger partial charge in [0.15, 0.2) is 0 Å². The highest BCUT2D eigenvalue weighted by Gasteiger charge is 2.50. The molecule has 8 heteroatoms. The van der Waals surface area contributed by atoms with Gasteiger partial charge < -0.3 is 20.5 Å². The van der Waals surface area contributed by atoms with Gasteiger partial charge in [0.25, 0.3) is 0 Å². The maximum Gasteiger partial charge on any atom is 0.345 e. The van der Waals surface area contributed by atoms with Gasteiger partial charge in [-0.25, -0.2) is 4.79 Å². The molecule has 2 aliphatic rings. The number of hydrogen-bond donors (Lipinski definition) is 2. The molecule has 2 heterocycles. The summed E-state index contributed by atoms with van der Waals surface area (Å²) in [5.74, 6) is -0.0474. The fourth-order valence-electron chi connectivity index (χ4n) is 3.72. The van der Waals surface area contributed by atoms with Crippen molar-refractivity contribution in [1.82, 2.24) is 9.96 Å². The molecule has 4 rings (SSSR count). The van der Waals surface area contributed by atoms with Crippen LogP contribution >= 0.6 is 0 Å². The van der Waals surface area contributed by atoms with E-state index < -0.39 is 18.0 Å². The standard InChI is InChI=1S/C20H21N3O5/c21-19(25)18-15-7-6-14(27-9-8-24)10-16(15)17-11-22(18)20(26)23(17)28-12-13-4-2-1-3-5-13/h1-7,10,17-18,24H,8-9,11-12H2,(H2,21,25)/t17-,18-/m1/s1. The van der Waals surface area contributed by atoms with Crippen molar-refractivity contribution in [3.05, 3.63) is 65.2 Å². The third-order valence-corrected chi connectivity index (χ3v) is 4.95. The van der Waals surface area contributed by atoms with Gasteiger partial charge in [-0.3, -0.25) is 9.63 Å². The fourth-order valence-corrected chi connectivity index (χ4v) is 3.72. The summed E-state index contributed by atoms with van der Waals surface area (Å²) >= 11 is 0. The molecule has 0 spiro atoms. The SMILES string of the molecule is NC(=O)[C@H]1c2ccc(OCCO)cc2[C@H]2CN1C(=O)N2OCc1ccccc1. The van der Waals surface area contributed by atoms with Crippen molar-refractivity contribution in [1.29, 1.82) is 0 Å². The van der Waals surface area contributed by atoms with Gasteiger partial charge >= 0.3 is 6.03 Å². The van der Waals surface area contributed by atoms with E-state index >= 15 is 0 Å². The Labute approximate surface area is 162 Å². The Morgan fingerprint density at radius 1 is 1.18 bits per heavy atom. The van der Waals surface area contributed by atoms with Crippen LogP contribution in [0.3, 0.4) is 0 Å². The first-order valence-corrected chi connectivity index (χ1v) is 9.03. The first-order valence-electron chi connectivity index (χ1n) is 9.03. The van der Waals surface area contributed by atoms with Gasteiger partial charge in [0, 0.05) is 0 Å². The van der Waals surface area contributed by atoms with Crippen LogP contribution in [0, 0.1) is 0 Å². The molecule has 0 unspecified atom stereocenters. The lowest BCUT2D eigenvalue weighted by atomic mass is 9.90. The molecule has 3 amide bonds. The number of urea groups is 1. The van der Waals surface area contributed by atoms with E-state index in [4.69, 9.17) is 20.4 Å². The summed E-state index contributed by atoms with van der Waals surface area (Å²) in [5, 5.41) is 10.3. The number of primary amides is 1. The van der Waals surface area contributed by atoms with Crippen molar-refractivity contribution >= 4 is 11.9 Å². The molecular weight excluding hydrogens is 362 g/mol. The number of carbonyl (C=O) groups excluding carboxylic acids is 2. The second-order valence-corrected chi connectivity index (χ2v) is 6.70. The molecule has 8 nitrogen and oxygen atoms in total. The molecule has 0 aliphatic carbocycles. The normalized spacial score (nSPS) is 20.2. The van der Waals surface area contributed by atoms with Crippen LogP contribution in [0.25, 0.3) is 0 Å². The van der Waals surface area contributed by atoms with Gasteiger partial charge in [-0.05, 0) is 28.8 Å². The number of aliphatic hydroxyl groups excluding tert-OH is 1. The predicted molar refractivity (Wildman–Crippen MR) is 98.9 cm³/mol. The van der Waals surface area contributed by atoms with Crippen LogP contribution in [-0.2, 0) is 16.2 Å². The number of benzene rings is 2. The number of rotatable bonds is 7. The molecule has 146 valence electrons. The lowest BCUT2D eigenvalue weighted by molar-refractivity contribution is -0.141. The van der Waals surface area contributed by atoms with Gasteiger partial charge in [0.2, 0.25) is 5.91 Å². The number of ether oxygens (including phenoxy) is 1. The summed E-state index contributed by atoms with van der Waals surface area (Å²) in [6, 6.07) is 13.1. The van der Waals surface area contributed by atoms with Crippen molar-refractivity contribution in [2.45, 2.75) is 18.7 Å². The highest BCUT2D eigenvalue weighted by Crippen LogP contribution is 2.45. The molecule has 1 fully saturated rings. The number of hydrogen-bond acceptors (Lipinski definition) is 5. The third-order valence-electron chi connectivity index (χ3n) is 4.95. The Balaban J connectivity index is 1.65. The largest absolute Gasteiger partial charge is 0.491 e. The van der Waals surface area contributed by atoms with Crippen molar-refractivity contribution < 1.29 is 24.3 Å². The van der Waals surface area contributed by atoms with Gasteiger partial charge in [-0.15, -0.1) is 0 Å². The second-order valence-electron chi connectivity index (χ2n) is 6.70.